The predicted molar refractivity (Wildman–Crippen MR) is 101 cm³/mol. The van der Waals surface area contributed by atoms with Gasteiger partial charge in [0, 0.05) is 34.8 Å². The molecule has 0 bridgehead atoms. The lowest BCUT2D eigenvalue weighted by atomic mass is 10.0. The van der Waals surface area contributed by atoms with Gasteiger partial charge in [0.1, 0.15) is 0 Å². The van der Waals surface area contributed by atoms with E-state index < -0.39 is 0 Å². The highest BCUT2D eigenvalue weighted by Gasteiger charge is 2.16. The Morgan fingerprint density at radius 3 is 2.62 bits per heavy atom. The molecule has 1 aromatic heterocycles. The van der Waals surface area contributed by atoms with Crippen molar-refractivity contribution in [3.05, 3.63) is 71.4 Å². The van der Waals surface area contributed by atoms with Crippen molar-refractivity contribution in [3.8, 4) is 0 Å². The summed E-state index contributed by atoms with van der Waals surface area (Å²) in [6.07, 6.45) is 6.95. The first-order chi connectivity index (χ1) is 11.7. The second-order valence-corrected chi connectivity index (χ2v) is 6.51. The van der Waals surface area contributed by atoms with E-state index in [1.165, 1.54) is 19.3 Å². The first-order valence-corrected chi connectivity index (χ1v) is 8.90. The minimum Gasteiger partial charge on any atom is -0.347 e. The highest BCUT2D eigenvalue weighted by molar-refractivity contribution is 6.16. The molecule has 0 atom stereocenters. The van der Waals surface area contributed by atoms with Gasteiger partial charge in [-0.15, -0.1) is 0 Å². The van der Waals surface area contributed by atoms with Crippen molar-refractivity contribution in [2.45, 2.75) is 46.1 Å². The van der Waals surface area contributed by atoms with E-state index in [9.17, 15) is 4.79 Å². The quantitative estimate of drug-likeness (QED) is 0.401. The zero-order valence-corrected chi connectivity index (χ0v) is 14.6. The maximum absolute atomic E-state index is 13.0. The minimum absolute atomic E-state index is 0.113. The van der Waals surface area contributed by atoms with Crippen molar-refractivity contribution in [1.82, 2.24) is 4.57 Å². The molecule has 0 aliphatic heterocycles. The van der Waals surface area contributed by atoms with E-state index in [2.05, 4.69) is 23.6 Å². The van der Waals surface area contributed by atoms with Crippen molar-refractivity contribution in [3.63, 3.8) is 0 Å². The van der Waals surface area contributed by atoms with Crippen LogP contribution in [0.3, 0.4) is 0 Å². The van der Waals surface area contributed by atoms with Crippen LogP contribution in [0.5, 0.6) is 0 Å². The van der Waals surface area contributed by atoms with Crippen molar-refractivity contribution in [1.29, 1.82) is 0 Å². The summed E-state index contributed by atoms with van der Waals surface area (Å²) >= 11 is 0. The summed E-state index contributed by atoms with van der Waals surface area (Å²) in [5.74, 6) is 0.113. The molecule has 0 radical (unpaired) electrons. The standard InChI is InChI=1S/C22H25NO/c1-3-4-5-8-14-23-16-20(19-12-6-7-13-21(19)23)22(24)18-11-9-10-17(2)15-18/h6-7,9-13,15-16H,3-5,8,14H2,1-2H3. The molecule has 0 saturated heterocycles. The molecule has 3 rings (SSSR count). The fourth-order valence-electron chi connectivity index (χ4n) is 3.26. The average molecular weight is 319 g/mol. The molecular weight excluding hydrogens is 294 g/mol. The molecular formula is C22H25NO. The Bertz CT molecular complexity index is 844. The maximum Gasteiger partial charge on any atom is 0.195 e. The second-order valence-electron chi connectivity index (χ2n) is 6.51. The fraction of sp³-hybridized carbons (Fsp3) is 0.318. The number of ketones is 1. The first-order valence-electron chi connectivity index (χ1n) is 8.90. The SMILES string of the molecule is CCCCCCn1cc(C(=O)c2cccc(C)c2)c2ccccc21. The lowest BCUT2D eigenvalue weighted by Gasteiger charge is -2.04. The van der Waals surface area contributed by atoms with E-state index in [1.807, 2.05) is 49.5 Å². The van der Waals surface area contributed by atoms with Crippen molar-refractivity contribution >= 4 is 16.7 Å². The summed E-state index contributed by atoms with van der Waals surface area (Å²) in [6, 6.07) is 16.1. The highest BCUT2D eigenvalue weighted by atomic mass is 16.1. The molecule has 3 aromatic rings. The lowest BCUT2D eigenvalue weighted by molar-refractivity contribution is 0.104. The van der Waals surface area contributed by atoms with Crippen LogP contribution in [0.1, 0.15) is 54.1 Å². The van der Waals surface area contributed by atoms with Crippen LogP contribution in [-0.4, -0.2) is 10.4 Å². The molecule has 0 unspecified atom stereocenters. The summed E-state index contributed by atoms with van der Waals surface area (Å²) in [5.41, 5.74) is 3.85. The third-order valence-corrected chi connectivity index (χ3v) is 4.57. The van der Waals surface area contributed by atoms with Gasteiger partial charge in [-0.2, -0.15) is 0 Å². The van der Waals surface area contributed by atoms with Gasteiger partial charge in [0.05, 0.1) is 0 Å². The van der Waals surface area contributed by atoms with Crippen LogP contribution in [0, 0.1) is 6.92 Å². The number of fused-ring (bicyclic) bond motifs is 1. The molecule has 0 N–H and O–H groups in total. The number of carbonyl (C=O) groups is 1. The van der Waals surface area contributed by atoms with Crippen LogP contribution in [0.15, 0.2) is 54.7 Å². The molecule has 2 nitrogen and oxygen atoms in total. The predicted octanol–water partition coefficient (Wildman–Crippen LogP) is 5.76. The Hall–Kier alpha value is -2.35. The molecule has 2 aromatic carbocycles. The molecule has 0 fully saturated rings. The smallest absolute Gasteiger partial charge is 0.195 e. The topological polar surface area (TPSA) is 22.0 Å². The van der Waals surface area contributed by atoms with Crippen LogP contribution in [0.2, 0.25) is 0 Å². The summed E-state index contributed by atoms with van der Waals surface area (Å²) in [5, 5.41) is 1.06. The summed E-state index contributed by atoms with van der Waals surface area (Å²) in [6.45, 7) is 5.22. The number of nitrogens with zero attached hydrogens (tertiary/aromatic N) is 1. The third kappa shape index (κ3) is 3.43. The number of aryl methyl sites for hydroxylation is 2. The number of hydrogen-bond donors (Lipinski definition) is 0. The maximum atomic E-state index is 13.0. The summed E-state index contributed by atoms with van der Waals surface area (Å²) in [7, 11) is 0. The number of rotatable bonds is 7. The molecule has 0 amide bonds. The lowest BCUT2D eigenvalue weighted by Crippen LogP contribution is -2.01. The van der Waals surface area contributed by atoms with Gasteiger partial charge in [0.15, 0.2) is 5.78 Å². The molecule has 0 aliphatic rings. The molecule has 124 valence electrons. The van der Waals surface area contributed by atoms with E-state index in [4.69, 9.17) is 0 Å². The van der Waals surface area contributed by atoms with Gasteiger partial charge in [0.2, 0.25) is 0 Å². The Kier molecular flexibility index (Phi) is 5.14. The Balaban J connectivity index is 1.94. The Morgan fingerprint density at radius 2 is 1.83 bits per heavy atom. The van der Waals surface area contributed by atoms with Crippen molar-refractivity contribution < 1.29 is 4.79 Å². The third-order valence-electron chi connectivity index (χ3n) is 4.57. The minimum atomic E-state index is 0.113. The fourth-order valence-corrected chi connectivity index (χ4v) is 3.26. The number of unbranched alkanes of at least 4 members (excludes halogenated alkanes) is 3. The number of carbonyl (C=O) groups excluding carboxylic acids is 1. The molecule has 0 aliphatic carbocycles. The molecule has 1 heterocycles. The van der Waals surface area contributed by atoms with Gasteiger partial charge >= 0.3 is 0 Å². The highest BCUT2D eigenvalue weighted by Crippen LogP contribution is 2.25. The summed E-state index contributed by atoms with van der Waals surface area (Å²) in [4.78, 5) is 13.0. The average Bonchev–Trinajstić information content (AvgIpc) is 2.97. The largest absolute Gasteiger partial charge is 0.347 e. The van der Waals surface area contributed by atoms with Gasteiger partial charge in [0.25, 0.3) is 0 Å². The first kappa shape index (κ1) is 16.5. The Morgan fingerprint density at radius 1 is 1.00 bits per heavy atom. The molecule has 0 spiro atoms. The van der Waals surface area contributed by atoms with Crippen LogP contribution in [-0.2, 0) is 6.54 Å². The second kappa shape index (κ2) is 7.48. The van der Waals surface area contributed by atoms with Crippen LogP contribution < -0.4 is 0 Å². The van der Waals surface area contributed by atoms with E-state index in [0.29, 0.717) is 0 Å². The van der Waals surface area contributed by atoms with Crippen LogP contribution in [0.4, 0.5) is 0 Å². The van der Waals surface area contributed by atoms with Gasteiger partial charge < -0.3 is 4.57 Å². The number of para-hydroxylation sites is 1. The monoisotopic (exact) mass is 319 g/mol. The zero-order chi connectivity index (χ0) is 16.9. The van der Waals surface area contributed by atoms with Crippen LogP contribution in [0.25, 0.3) is 10.9 Å². The molecule has 24 heavy (non-hydrogen) atoms. The van der Waals surface area contributed by atoms with Gasteiger partial charge in [-0.25, -0.2) is 0 Å². The number of aromatic nitrogens is 1. The summed E-state index contributed by atoms with van der Waals surface area (Å²) < 4.78 is 2.24. The van der Waals surface area contributed by atoms with Crippen molar-refractivity contribution in [2.75, 3.05) is 0 Å². The van der Waals surface area contributed by atoms with E-state index in [1.54, 1.807) is 0 Å². The van der Waals surface area contributed by atoms with E-state index in [0.717, 1.165) is 40.6 Å². The van der Waals surface area contributed by atoms with E-state index >= 15 is 0 Å². The van der Waals surface area contributed by atoms with Crippen LogP contribution >= 0.6 is 0 Å². The number of benzene rings is 2. The zero-order valence-electron chi connectivity index (χ0n) is 14.6. The van der Waals surface area contributed by atoms with Gasteiger partial charge in [-0.3, -0.25) is 4.79 Å². The molecule has 2 heteroatoms. The van der Waals surface area contributed by atoms with Crippen molar-refractivity contribution in [2.24, 2.45) is 0 Å². The van der Waals surface area contributed by atoms with Gasteiger partial charge in [-0.05, 0) is 25.5 Å². The van der Waals surface area contributed by atoms with Gasteiger partial charge in [-0.1, -0.05) is 68.1 Å². The Labute approximate surface area is 144 Å². The normalized spacial score (nSPS) is 11.1. The molecule has 0 saturated carbocycles. The number of hydrogen-bond acceptors (Lipinski definition) is 1. The van der Waals surface area contributed by atoms with E-state index in [-0.39, 0.29) is 5.78 Å².